The van der Waals surface area contributed by atoms with Crippen molar-refractivity contribution < 1.29 is 19.1 Å². The van der Waals surface area contributed by atoms with E-state index in [-0.39, 0.29) is 12.2 Å². The van der Waals surface area contributed by atoms with Gasteiger partial charge in [0.25, 0.3) is 0 Å². The molecule has 0 aliphatic rings. The summed E-state index contributed by atoms with van der Waals surface area (Å²) in [6.45, 7) is 4.72. The lowest BCUT2D eigenvalue weighted by molar-refractivity contribution is -0.123. The molecule has 0 spiro atoms. The van der Waals surface area contributed by atoms with Crippen molar-refractivity contribution in [2.24, 2.45) is 5.92 Å². The van der Waals surface area contributed by atoms with Crippen molar-refractivity contribution in [1.29, 1.82) is 0 Å². The van der Waals surface area contributed by atoms with E-state index in [0.29, 0.717) is 30.1 Å². The molecule has 0 saturated carbocycles. The molecule has 0 saturated heterocycles. The average Bonchev–Trinajstić information content (AvgIpc) is 2.61. The second kappa shape index (κ2) is 9.02. The standard InChI is InChI=1S/C21H24O4/c1-15(2)14-25-19-6-4-5-17(12-19)20(13-22)21(23)11-16-7-9-18(24-3)10-8-16/h4-10,12-13,15,20H,11,14H2,1-3H3. The molecule has 2 aromatic carbocycles. The molecule has 0 aromatic heterocycles. The Balaban J connectivity index is 2.10. The summed E-state index contributed by atoms with van der Waals surface area (Å²) in [4.78, 5) is 24.1. The molecular formula is C21H24O4. The molecule has 132 valence electrons. The smallest absolute Gasteiger partial charge is 0.151 e. The highest BCUT2D eigenvalue weighted by Gasteiger charge is 2.20. The number of aldehydes is 1. The van der Waals surface area contributed by atoms with Gasteiger partial charge in [-0.15, -0.1) is 0 Å². The fourth-order valence-corrected chi connectivity index (χ4v) is 2.46. The molecule has 4 heteroatoms. The Kier molecular flexibility index (Phi) is 6.75. The first-order chi connectivity index (χ1) is 12.0. The maximum absolute atomic E-state index is 12.6. The van der Waals surface area contributed by atoms with Crippen LogP contribution in [0.5, 0.6) is 11.5 Å². The molecule has 2 rings (SSSR count). The number of ketones is 1. The fourth-order valence-electron chi connectivity index (χ4n) is 2.46. The Labute approximate surface area is 148 Å². The zero-order valence-corrected chi connectivity index (χ0v) is 14.9. The van der Waals surface area contributed by atoms with E-state index in [4.69, 9.17) is 9.47 Å². The highest BCUT2D eigenvalue weighted by atomic mass is 16.5. The van der Waals surface area contributed by atoms with Gasteiger partial charge in [0.2, 0.25) is 0 Å². The first kappa shape index (κ1) is 18.7. The summed E-state index contributed by atoms with van der Waals surface area (Å²) < 4.78 is 10.8. The Bertz CT molecular complexity index is 704. The number of hydrogen-bond acceptors (Lipinski definition) is 4. The van der Waals surface area contributed by atoms with Gasteiger partial charge in [-0.05, 0) is 41.3 Å². The van der Waals surface area contributed by atoms with E-state index in [0.717, 1.165) is 11.3 Å². The van der Waals surface area contributed by atoms with E-state index < -0.39 is 5.92 Å². The van der Waals surface area contributed by atoms with Crippen LogP contribution in [0.25, 0.3) is 0 Å². The monoisotopic (exact) mass is 340 g/mol. The van der Waals surface area contributed by atoms with E-state index in [1.54, 1.807) is 31.4 Å². The molecule has 25 heavy (non-hydrogen) atoms. The van der Waals surface area contributed by atoms with Gasteiger partial charge in [0.15, 0.2) is 5.78 Å². The third kappa shape index (κ3) is 5.45. The summed E-state index contributed by atoms with van der Waals surface area (Å²) in [5, 5.41) is 0. The Hall–Kier alpha value is -2.62. The van der Waals surface area contributed by atoms with E-state index in [1.807, 2.05) is 24.3 Å². The molecule has 0 fully saturated rings. The molecule has 1 unspecified atom stereocenters. The van der Waals surface area contributed by atoms with Gasteiger partial charge >= 0.3 is 0 Å². The van der Waals surface area contributed by atoms with Crippen molar-refractivity contribution in [3.05, 3.63) is 59.7 Å². The van der Waals surface area contributed by atoms with Crippen molar-refractivity contribution in [2.75, 3.05) is 13.7 Å². The van der Waals surface area contributed by atoms with Crippen molar-refractivity contribution in [2.45, 2.75) is 26.2 Å². The maximum atomic E-state index is 12.6. The lowest BCUT2D eigenvalue weighted by atomic mass is 9.92. The number of methoxy groups -OCH3 is 1. The third-order valence-electron chi connectivity index (χ3n) is 3.82. The molecule has 1 atom stereocenters. The highest BCUT2D eigenvalue weighted by Crippen LogP contribution is 2.23. The van der Waals surface area contributed by atoms with E-state index in [9.17, 15) is 9.59 Å². The Morgan fingerprint density at radius 2 is 1.80 bits per heavy atom. The molecular weight excluding hydrogens is 316 g/mol. The topological polar surface area (TPSA) is 52.6 Å². The van der Waals surface area contributed by atoms with Crippen LogP contribution in [0.1, 0.15) is 30.9 Å². The van der Waals surface area contributed by atoms with Crippen LogP contribution in [0.15, 0.2) is 48.5 Å². The normalized spacial score (nSPS) is 11.8. The fraction of sp³-hybridized carbons (Fsp3) is 0.333. The van der Waals surface area contributed by atoms with Gasteiger partial charge in [-0.25, -0.2) is 0 Å². The number of Topliss-reactive ketones (excluding diaryl/α,β-unsaturated/α-hetero) is 1. The number of hydrogen-bond donors (Lipinski definition) is 0. The molecule has 0 bridgehead atoms. The Morgan fingerprint density at radius 1 is 1.08 bits per heavy atom. The SMILES string of the molecule is COc1ccc(CC(=O)C(C=O)c2cccc(OCC(C)C)c2)cc1. The molecule has 4 nitrogen and oxygen atoms in total. The largest absolute Gasteiger partial charge is 0.497 e. The number of ether oxygens (including phenoxy) is 2. The van der Waals surface area contributed by atoms with E-state index >= 15 is 0 Å². The van der Waals surface area contributed by atoms with Crippen molar-refractivity contribution in [3.8, 4) is 11.5 Å². The summed E-state index contributed by atoms with van der Waals surface area (Å²) >= 11 is 0. The zero-order valence-electron chi connectivity index (χ0n) is 14.9. The first-order valence-electron chi connectivity index (χ1n) is 8.37. The van der Waals surface area contributed by atoms with Crippen LogP contribution < -0.4 is 9.47 Å². The average molecular weight is 340 g/mol. The van der Waals surface area contributed by atoms with Crippen LogP contribution in [-0.4, -0.2) is 25.8 Å². The van der Waals surface area contributed by atoms with Gasteiger partial charge in [-0.1, -0.05) is 38.1 Å². The van der Waals surface area contributed by atoms with Crippen molar-refractivity contribution in [1.82, 2.24) is 0 Å². The number of carbonyl (C=O) groups excluding carboxylic acids is 2. The lowest BCUT2D eigenvalue weighted by Gasteiger charge is -2.13. The highest BCUT2D eigenvalue weighted by molar-refractivity contribution is 6.00. The molecule has 0 radical (unpaired) electrons. The number of benzene rings is 2. The van der Waals surface area contributed by atoms with Crippen molar-refractivity contribution >= 4 is 12.1 Å². The van der Waals surface area contributed by atoms with Gasteiger partial charge in [0, 0.05) is 6.42 Å². The van der Waals surface area contributed by atoms with E-state index in [2.05, 4.69) is 13.8 Å². The molecule has 0 aliphatic heterocycles. The molecule has 0 aliphatic carbocycles. The minimum Gasteiger partial charge on any atom is -0.497 e. The molecule has 0 amide bonds. The van der Waals surface area contributed by atoms with Gasteiger partial charge in [-0.2, -0.15) is 0 Å². The summed E-state index contributed by atoms with van der Waals surface area (Å²) in [5.74, 6) is 0.890. The summed E-state index contributed by atoms with van der Waals surface area (Å²) in [6, 6.07) is 14.5. The molecule has 0 N–H and O–H groups in total. The number of rotatable bonds is 9. The predicted octanol–water partition coefficient (Wildman–Crippen LogP) is 3.82. The quantitative estimate of drug-likeness (QED) is 0.514. The van der Waals surface area contributed by atoms with Crippen LogP contribution in [0, 0.1) is 5.92 Å². The zero-order chi connectivity index (χ0) is 18.2. The predicted molar refractivity (Wildman–Crippen MR) is 97.3 cm³/mol. The molecule has 2 aromatic rings. The van der Waals surface area contributed by atoms with Crippen LogP contribution >= 0.6 is 0 Å². The van der Waals surface area contributed by atoms with Gasteiger partial charge in [0.1, 0.15) is 17.8 Å². The lowest BCUT2D eigenvalue weighted by Crippen LogP contribution is -2.16. The minimum atomic E-state index is -0.787. The summed E-state index contributed by atoms with van der Waals surface area (Å²) in [7, 11) is 1.59. The second-order valence-corrected chi connectivity index (χ2v) is 6.38. The number of carbonyl (C=O) groups is 2. The van der Waals surface area contributed by atoms with Gasteiger partial charge < -0.3 is 14.3 Å². The van der Waals surface area contributed by atoms with E-state index in [1.165, 1.54) is 0 Å². The van der Waals surface area contributed by atoms with Gasteiger partial charge in [-0.3, -0.25) is 4.79 Å². The maximum Gasteiger partial charge on any atom is 0.151 e. The first-order valence-corrected chi connectivity index (χ1v) is 8.37. The summed E-state index contributed by atoms with van der Waals surface area (Å²) in [6.07, 6.45) is 0.901. The van der Waals surface area contributed by atoms with Crippen molar-refractivity contribution in [3.63, 3.8) is 0 Å². The summed E-state index contributed by atoms with van der Waals surface area (Å²) in [5.41, 5.74) is 1.51. The van der Waals surface area contributed by atoms with Crippen LogP contribution in [0.4, 0.5) is 0 Å². The Morgan fingerprint density at radius 3 is 2.40 bits per heavy atom. The minimum absolute atomic E-state index is 0.138. The molecule has 0 heterocycles. The third-order valence-corrected chi connectivity index (χ3v) is 3.82. The van der Waals surface area contributed by atoms with Crippen LogP contribution in [0.2, 0.25) is 0 Å². The second-order valence-electron chi connectivity index (χ2n) is 6.38. The van der Waals surface area contributed by atoms with Crippen LogP contribution in [0.3, 0.4) is 0 Å². The van der Waals surface area contributed by atoms with Crippen LogP contribution in [-0.2, 0) is 16.0 Å². The van der Waals surface area contributed by atoms with Gasteiger partial charge in [0.05, 0.1) is 19.6 Å².